The van der Waals surface area contributed by atoms with Gasteiger partial charge >= 0.3 is 0 Å². The summed E-state index contributed by atoms with van der Waals surface area (Å²) in [5, 5.41) is 1.45. The van der Waals surface area contributed by atoms with E-state index in [1.807, 2.05) is 0 Å². The molecule has 4 amide bonds. The van der Waals surface area contributed by atoms with Gasteiger partial charge in [0.2, 0.25) is 0 Å². The highest BCUT2D eigenvalue weighted by Gasteiger charge is 2.38. The van der Waals surface area contributed by atoms with Crippen molar-refractivity contribution in [1.29, 1.82) is 0 Å². The van der Waals surface area contributed by atoms with Gasteiger partial charge in [-0.3, -0.25) is 28.9 Å². The van der Waals surface area contributed by atoms with Crippen LogP contribution in [-0.2, 0) is 9.68 Å². The molecule has 2 aromatic carbocycles. The first-order valence-corrected chi connectivity index (χ1v) is 8.70. The highest BCUT2D eigenvalue weighted by atomic mass is 16.7. The number of rotatable bonds is 6. The number of amides is 4. The van der Waals surface area contributed by atoms with Crippen molar-refractivity contribution in [1.82, 2.24) is 10.1 Å². The van der Waals surface area contributed by atoms with Crippen molar-refractivity contribution >= 4 is 23.6 Å². The van der Waals surface area contributed by atoms with Gasteiger partial charge in [0, 0.05) is 5.92 Å². The molecule has 0 spiro atoms. The maximum atomic E-state index is 12.2. The fraction of sp³-hybridized carbons (Fsp3) is 0.200. The van der Waals surface area contributed by atoms with Crippen molar-refractivity contribution in [2.24, 2.45) is 5.92 Å². The quantitative estimate of drug-likeness (QED) is 0.713. The summed E-state index contributed by atoms with van der Waals surface area (Å²) in [5.74, 6) is -2.38. The lowest BCUT2D eigenvalue weighted by atomic mass is 10.1. The summed E-state index contributed by atoms with van der Waals surface area (Å²) >= 11 is 0. The Morgan fingerprint density at radius 3 is 1.21 bits per heavy atom. The molecule has 0 aromatic heterocycles. The molecular formula is C20H16N2O6. The number of benzene rings is 2. The second-order valence-corrected chi connectivity index (χ2v) is 6.60. The third kappa shape index (κ3) is 2.88. The van der Waals surface area contributed by atoms with E-state index in [2.05, 4.69) is 0 Å². The number of carbonyl (C=O) groups excluding carboxylic acids is 4. The van der Waals surface area contributed by atoms with Gasteiger partial charge in [0.25, 0.3) is 23.6 Å². The fourth-order valence-electron chi connectivity index (χ4n) is 3.02. The molecule has 28 heavy (non-hydrogen) atoms. The largest absolute Gasteiger partial charge is 0.285 e. The number of hydrogen-bond acceptors (Lipinski definition) is 6. The molecule has 8 heteroatoms. The van der Waals surface area contributed by atoms with Crippen LogP contribution in [-0.4, -0.2) is 47.0 Å². The van der Waals surface area contributed by atoms with Gasteiger partial charge in [0.1, 0.15) is 0 Å². The first-order chi connectivity index (χ1) is 13.5. The summed E-state index contributed by atoms with van der Waals surface area (Å²) in [6.45, 7) is 1.74. The third-order valence-corrected chi connectivity index (χ3v) is 4.49. The van der Waals surface area contributed by atoms with Crippen LogP contribution < -0.4 is 0 Å². The van der Waals surface area contributed by atoms with Crippen molar-refractivity contribution in [2.75, 3.05) is 13.2 Å². The number of hydroxylamine groups is 4. The van der Waals surface area contributed by atoms with Crippen LogP contribution in [0.3, 0.4) is 0 Å². The van der Waals surface area contributed by atoms with Crippen molar-refractivity contribution in [3.63, 3.8) is 0 Å². The zero-order valence-electron chi connectivity index (χ0n) is 15.0. The molecule has 0 saturated carbocycles. The Labute approximate surface area is 160 Å². The molecule has 2 aliphatic heterocycles. The van der Waals surface area contributed by atoms with Gasteiger partial charge in [-0.15, -0.1) is 10.1 Å². The van der Waals surface area contributed by atoms with Crippen molar-refractivity contribution in [3.8, 4) is 0 Å². The van der Waals surface area contributed by atoms with E-state index >= 15 is 0 Å². The van der Waals surface area contributed by atoms with Gasteiger partial charge in [0.05, 0.1) is 35.5 Å². The van der Waals surface area contributed by atoms with E-state index in [1.54, 1.807) is 55.5 Å². The Morgan fingerprint density at radius 1 is 0.643 bits per heavy atom. The normalized spacial score (nSPS) is 15.6. The minimum Gasteiger partial charge on any atom is -0.266 e. The van der Waals surface area contributed by atoms with Crippen LogP contribution in [0.25, 0.3) is 0 Å². The minimum absolute atomic E-state index is 0.00532. The van der Waals surface area contributed by atoms with Gasteiger partial charge in [-0.05, 0) is 24.3 Å². The van der Waals surface area contributed by atoms with Gasteiger partial charge in [-0.25, -0.2) is 0 Å². The van der Waals surface area contributed by atoms with Crippen LogP contribution in [0.2, 0.25) is 0 Å². The molecule has 0 fully saturated rings. The minimum atomic E-state index is -0.519. The fourth-order valence-corrected chi connectivity index (χ4v) is 3.02. The van der Waals surface area contributed by atoms with Crippen LogP contribution >= 0.6 is 0 Å². The maximum Gasteiger partial charge on any atom is 0.285 e. The average molecular weight is 380 g/mol. The Kier molecular flexibility index (Phi) is 4.50. The standard InChI is InChI=1S/C20H16N2O6/c1-12(10-27-21-17(23)13-6-2-3-7-14(13)18(21)24)11-28-22-19(25)15-8-4-5-9-16(15)20(22)26/h2-9,12H,10-11H2,1H3. The molecule has 2 aliphatic rings. The van der Waals surface area contributed by atoms with Gasteiger partial charge in [-0.2, -0.15) is 0 Å². The average Bonchev–Trinajstić information content (AvgIpc) is 3.10. The molecule has 8 nitrogen and oxygen atoms in total. The van der Waals surface area contributed by atoms with E-state index in [0.717, 1.165) is 10.1 Å². The lowest BCUT2D eigenvalue weighted by Crippen LogP contribution is -2.35. The van der Waals surface area contributed by atoms with E-state index in [4.69, 9.17) is 9.68 Å². The van der Waals surface area contributed by atoms with E-state index in [-0.39, 0.29) is 19.1 Å². The zero-order chi connectivity index (χ0) is 19.8. The predicted molar refractivity (Wildman–Crippen MR) is 95.0 cm³/mol. The summed E-state index contributed by atoms with van der Waals surface area (Å²) < 4.78 is 0. The summed E-state index contributed by atoms with van der Waals surface area (Å²) in [5.41, 5.74) is 1.18. The molecule has 0 N–H and O–H groups in total. The highest BCUT2D eigenvalue weighted by molar-refractivity contribution is 6.21. The molecule has 0 radical (unpaired) electrons. The van der Waals surface area contributed by atoms with E-state index in [0.29, 0.717) is 22.3 Å². The van der Waals surface area contributed by atoms with Crippen LogP contribution in [0, 0.1) is 5.92 Å². The highest BCUT2D eigenvalue weighted by Crippen LogP contribution is 2.24. The summed E-state index contributed by atoms with van der Waals surface area (Å²) in [6, 6.07) is 12.9. The number of fused-ring (bicyclic) bond motifs is 2. The van der Waals surface area contributed by atoms with Crippen molar-refractivity contribution in [2.45, 2.75) is 6.92 Å². The predicted octanol–water partition coefficient (Wildman–Crippen LogP) is 2.08. The van der Waals surface area contributed by atoms with Crippen LogP contribution in [0.4, 0.5) is 0 Å². The van der Waals surface area contributed by atoms with Crippen molar-refractivity contribution < 1.29 is 28.9 Å². The molecule has 0 bridgehead atoms. The van der Waals surface area contributed by atoms with Gasteiger partial charge < -0.3 is 0 Å². The molecule has 142 valence electrons. The summed E-state index contributed by atoms with van der Waals surface area (Å²) in [4.78, 5) is 59.7. The number of nitrogens with zero attached hydrogens (tertiary/aromatic N) is 2. The topological polar surface area (TPSA) is 93.2 Å². The van der Waals surface area contributed by atoms with Crippen LogP contribution in [0.1, 0.15) is 48.4 Å². The lowest BCUT2D eigenvalue weighted by molar-refractivity contribution is -0.134. The van der Waals surface area contributed by atoms with Gasteiger partial charge in [0.15, 0.2) is 0 Å². The Balaban J connectivity index is 1.32. The number of imide groups is 2. The first-order valence-electron chi connectivity index (χ1n) is 8.70. The third-order valence-electron chi connectivity index (χ3n) is 4.49. The molecule has 2 heterocycles. The molecule has 4 rings (SSSR count). The molecule has 0 aliphatic carbocycles. The molecular weight excluding hydrogens is 364 g/mol. The summed E-state index contributed by atoms with van der Waals surface area (Å²) in [7, 11) is 0. The second-order valence-electron chi connectivity index (χ2n) is 6.60. The number of carbonyl (C=O) groups is 4. The Morgan fingerprint density at radius 2 is 0.929 bits per heavy atom. The molecule has 0 saturated heterocycles. The number of hydrogen-bond donors (Lipinski definition) is 0. The smallest absolute Gasteiger partial charge is 0.266 e. The van der Waals surface area contributed by atoms with E-state index in [1.165, 1.54) is 0 Å². The van der Waals surface area contributed by atoms with E-state index in [9.17, 15) is 19.2 Å². The SMILES string of the molecule is CC(CON1C(=O)c2ccccc2C1=O)CON1C(=O)c2ccccc2C1=O. The van der Waals surface area contributed by atoms with Crippen LogP contribution in [0.5, 0.6) is 0 Å². The van der Waals surface area contributed by atoms with Crippen molar-refractivity contribution in [3.05, 3.63) is 70.8 Å². The first kappa shape index (κ1) is 18.0. The Hall–Kier alpha value is -3.36. The van der Waals surface area contributed by atoms with Crippen LogP contribution in [0.15, 0.2) is 48.5 Å². The second kappa shape index (κ2) is 6.99. The zero-order valence-corrected chi connectivity index (χ0v) is 15.0. The Bertz CT molecular complexity index is 852. The van der Waals surface area contributed by atoms with Gasteiger partial charge in [-0.1, -0.05) is 31.2 Å². The summed E-state index contributed by atoms with van der Waals surface area (Å²) in [6.07, 6.45) is 0. The molecule has 0 unspecified atom stereocenters. The monoisotopic (exact) mass is 380 g/mol. The lowest BCUT2D eigenvalue weighted by Gasteiger charge is -2.19. The molecule has 2 aromatic rings. The maximum absolute atomic E-state index is 12.2. The van der Waals surface area contributed by atoms with E-state index < -0.39 is 23.6 Å². The molecule has 0 atom stereocenters.